The summed E-state index contributed by atoms with van der Waals surface area (Å²) in [6.45, 7) is 2.34. The number of sulfonamides is 1. The standard InChI is InChI=1S/C16H17N3O5S/c1-2-11-17-16(20)12-7-3-4-8-13(12)18-25(23,24)15-10-6-5-9-14(15)19(21)22/h3-10,18H,2,11H2,1H3,(H,17,20). The molecule has 2 rings (SSSR count). The van der Waals surface area contributed by atoms with Crippen LogP contribution >= 0.6 is 0 Å². The Morgan fingerprint density at radius 2 is 1.76 bits per heavy atom. The Bertz CT molecular complexity index is 896. The zero-order valence-electron chi connectivity index (χ0n) is 13.4. The van der Waals surface area contributed by atoms with Crippen LogP contribution < -0.4 is 10.0 Å². The van der Waals surface area contributed by atoms with Gasteiger partial charge in [0, 0.05) is 12.6 Å². The zero-order valence-corrected chi connectivity index (χ0v) is 14.2. The van der Waals surface area contributed by atoms with Gasteiger partial charge in [0.2, 0.25) is 0 Å². The molecule has 0 bridgehead atoms. The molecule has 9 heteroatoms. The van der Waals surface area contributed by atoms with Crippen LogP contribution in [0.1, 0.15) is 23.7 Å². The van der Waals surface area contributed by atoms with Gasteiger partial charge in [-0.1, -0.05) is 31.2 Å². The number of hydrogen-bond donors (Lipinski definition) is 2. The summed E-state index contributed by atoms with van der Waals surface area (Å²) in [6, 6.07) is 11.1. The molecule has 132 valence electrons. The van der Waals surface area contributed by atoms with E-state index in [9.17, 15) is 23.3 Å². The van der Waals surface area contributed by atoms with Crippen molar-refractivity contribution in [2.45, 2.75) is 18.2 Å². The lowest BCUT2D eigenvalue weighted by molar-refractivity contribution is -0.387. The van der Waals surface area contributed by atoms with Gasteiger partial charge in [-0.3, -0.25) is 19.6 Å². The maximum Gasteiger partial charge on any atom is 0.289 e. The van der Waals surface area contributed by atoms with Crippen molar-refractivity contribution in [2.75, 3.05) is 11.3 Å². The van der Waals surface area contributed by atoms with Gasteiger partial charge in [-0.15, -0.1) is 0 Å². The van der Waals surface area contributed by atoms with Gasteiger partial charge in [-0.05, 0) is 24.6 Å². The first-order valence-electron chi connectivity index (χ1n) is 7.50. The molecule has 0 unspecified atom stereocenters. The topological polar surface area (TPSA) is 118 Å². The minimum absolute atomic E-state index is 0.0502. The van der Waals surface area contributed by atoms with Crippen molar-refractivity contribution in [2.24, 2.45) is 0 Å². The molecule has 1 amide bonds. The molecule has 0 aliphatic heterocycles. The normalized spacial score (nSPS) is 10.9. The summed E-state index contributed by atoms with van der Waals surface area (Å²) < 4.78 is 27.4. The van der Waals surface area contributed by atoms with Gasteiger partial charge >= 0.3 is 0 Å². The van der Waals surface area contributed by atoms with E-state index in [2.05, 4.69) is 10.0 Å². The molecule has 0 spiro atoms. The SMILES string of the molecule is CCCNC(=O)c1ccccc1NS(=O)(=O)c1ccccc1[N+](=O)[O-]. The molecule has 0 saturated heterocycles. The molecule has 2 N–H and O–H groups in total. The highest BCUT2D eigenvalue weighted by Crippen LogP contribution is 2.26. The molecule has 0 aliphatic carbocycles. The number of amides is 1. The predicted molar refractivity (Wildman–Crippen MR) is 93.0 cm³/mol. The lowest BCUT2D eigenvalue weighted by Crippen LogP contribution is -2.26. The highest BCUT2D eigenvalue weighted by molar-refractivity contribution is 7.92. The summed E-state index contributed by atoms with van der Waals surface area (Å²) in [6.07, 6.45) is 0.732. The van der Waals surface area contributed by atoms with Crippen LogP contribution in [0.3, 0.4) is 0 Å². The van der Waals surface area contributed by atoms with Crippen molar-refractivity contribution < 1.29 is 18.1 Å². The molecular weight excluding hydrogens is 346 g/mol. The number of benzene rings is 2. The van der Waals surface area contributed by atoms with Crippen LogP contribution in [0.5, 0.6) is 0 Å². The van der Waals surface area contributed by atoms with Gasteiger partial charge in [-0.25, -0.2) is 8.42 Å². The van der Waals surface area contributed by atoms with Crippen LogP contribution in [0.15, 0.2) is 53.4 Å². The number of hydrogen-bond acceptors (Lipinski definition) is 5. The van der Waals surface area contributed by atoms with Crippen LogP contribution in [0, 0.1) is 10.1 Å². The quantitative estimate of drug-likeness (QED) is 0.579. The molecule has 0 fully saturated rings. The summed E-state index contributed by atoms with van der Waals surface area (Å²) in [4.78, 5) is 22.0. The molecule has 25 heavy (non-hydrogen) atoms. The van der Waals surface area contributed by atoms with Gasteiger partial charge in [0.05, 0.1) is 16.2 Å². The summed E-state index contributed by atoms with van der Waals surface area (Å²) >= 11 is 0. The van der Waals surface area contributed by atoms with Gasteiger partial charge in [0.25, 0.3) is 21.6 Å². The number of anilines is 1. The van der Waals surface area contributed by atoms with Crippen LogP contribution in [0.4, 0.5) is 11.4 Å². The van der Waals surface area contributed by atoms with E-state index in [0.29, 0.717) is 6.54 Å². The predicted octanol–water partition coefficient (Wildman–Crippen LogP) is 2.54. The third-order valence-electron chi connectivity index (χ3n) is 3.30. The first-order valence-corrected chi connectivity index (χ1v) is 8.98. The van der Waals surface area contributed by atoms with E-state index in [1.165, 1.54) is 24.3 Å². The highest BCUT2D eigenvalue weighted by atomic mass is 32.2. The molecule has 2 aromatic carbocycles. The van der Waals surface area contributed by atoms with E-state index in [1.54, 1.807) is 12.1 Å². The highest BCUT2D eigenvalue weighted by Gasteiger charge is 2.26. The minimum Gasteiger partial charge on any atom is -0.352 e. The molecule has 0 heterocycles. The van der Waals surface area contributed by atoms with E-state index in [0.717, 1.165) is 18.6 Å². The van der Waals surface area contributed by atoms with Crippen molar-refractivity contribution in [3.8, 4) is 0 Å². The van der Waals surface area contributed by atoms with Gasteiger partial charge in [0.1, 0.15) is 0 Å². The second-order valence-corrected chi connectivity index (χ2v) is 6.78. The van der Waals surface area contributed by atoms with Gasteiger partial charge < -0.3 is 5.32 Å². The molecule has 0 aromatic heterocycles. The molecule has 8 nitrogen and oxygen atoms in total. The fourth-order valence-corrected chi connectivity index (χ4v) is 3.39. The number of nitro groups is 1. The second-order valence-electron chi connectivity index (χ2n) is 5.13. The van der Waals surface area contributed by atoms with E-state index in [1.807, 2.05) is 6.92 Å². The third-order valence-corrected chi connectivity index (χ3v) is 4.72. The Hall–Kier alpha value is -2.94. The Morgan fingerprint density at radius 3 is 2.44 bits per heavy atom. The van der Waals surface area contributed by atoms with E-state index >= 15 is 0 Å². The molecule has 2 aromatic rings. The maximum atomic E-state index is 12.6. The molecule has 0 aliphatic rings. The van der Waals surface area contributed by atoms with E-state index < -0.39 is 31.4 Å². The molecule has 0 saturated carbocycles. The zero-order chi connectivity index (χ0) is 18.4. The lowest BCUT2D eigenvalue weighted by Gasteiger charge is -2.12. The van der Waals surface area contributed by atoms with E-state index in [4.69, 9.17) is 0 Å². The summed E-state index contributed by atoms with van der Waals surface area (Å²) in [5, 5.41) is 13.7. The number of rotatable bonds is 7. The van der Waals surface area contributed by atoms with Gasteiger partial charge in [-0.2, -0.15) is 0 Å². The van der Waals surface area contributed by atoms with Crippen LogP contribution in [0.25, 0.3) is 0 Å². The maximum absolute atomic E-state index is 12.6. The number of carbonyl (C=O) groups excluding carboxylic acids is 1. The van der Waals surface area contributed by atoms with E-state index in [-0.39, 0.29) is 11.3 Å². The van der Waals surface area contributed by atoms with Crippen molar-refractivity contribution in [1.82, 2.24) is 5.32 Å². The first-order chi connectivity index (χ1) is 11.9. The van der Waals surface area contributed by atoms with Crippen molar-refractivity contribution >= 4 is 27.3 Å². The minimum atomic E-state index is -4.24. The second kappa shape index (κ2) is 7.75. The smallest absolute Gasteiger partial charge is 0.289 e. The van der Waals surface area contributed by atoms with Gasteiger partial charge in [0.15, 0.2) is 4.90 Å². The summed E-state index contributed by atoms with van der Waals surface area (Å²) in [5.41, 5.74) is -0.352. The Morgan fingerprint density at radius 1 is 1.12 bits per heavy atom. The number of nitrogens with one attached hydrogen (secondary N) is 2. The Kier molecular flexibility index (Phi) is 5.71. The molecule has 0 radical (unpaired) electrons. The average Bonchev–Trinajstić information content (AvgIpc) is 2.59. The number of nitro benzene ring substituents is 1. The number of nitrogens with zero attached hydrogens (tertiary/aromatic N) is 1. The van der Waals surface area contributed by atoms with Crippen molar-refractivity contribution in [3.63, 3.8) is 0 Å². The Labute approximate surface area is 145 Å². The molecule has 0 atom stereocenters. The van der Waals surface area contributed by atoms with Crippen molar-refractivity contribution in [3.05, 3.63) is 64.2 Å². The Balaban J connectivity index is 2.40. The summed E-state index contributed by atoms with van der Waals surface area (Å²) in [5.74, 6) is -0.428. The third kappa shape index (κ3) is 4.32. The first kappa shape index (κ1) is 18.4. The number of carbonyl (C=O) groups is 1. The largest absolute Gasteiger partial charge is 0.352 e. The fraction of sp³-hybridized carbons (Fsp3) is 0.188. The number of para-hydroxylation sites is 2. The van der Waals surface area contributed by atoms with Crippen LogP contribution in [-0.2, 0) is 10.0 Å². The fourth-order valence-electron chi connectivity index (χ4n) is 2.14. The van der Waals surface area contributed by atoms with Crippen molar-refractivity contribution in [1.29, 1.82) is 0 Å². The van der Waals surface area contributed by atoms with Crippen LogP contribution in [-0.4, -0.2) is 25.8 Å². The average molecular weight is 363 g/mol. The summed E-state index contributed by atoms with van der Waals surface area (Å²) in [7, 11) is -4.24. The molecular formula is C16H17N3O5S. The lowest BCUT2D eigenvalue weighted by atomic mass is 10.1. The monoisotopic (exact) mass is 363 g/mol. The van der Waals surface area contributed by atoms with Crippen LogP contribution in [0.2, 0.25) is 0 Å².